The Morgan fingerprint density at radius 3 is 2.05 bits per heavy atom. The van der Waals surface area contributed by atoms with Crippen LogP contribution in [0.25, 0.3) is 0 Å². The molecular formula is C31H33N3O5. The van der Waals surface area contributed by atoms with Crippen LogP contribution in [0.2, 0.25) is 0 Å². The van der Waals surface area contributed by atoms with Gasteiger partial charge in [-0.3, -0.25) is 19.3 Å². The van der Waals surface area contributed by atoms with Crippen molar-refractivity contribution in [1.82, 2.24) is 4.90 Å². The second-order valence-corrected chi connectivity index (χ2v) is 8.30. The molecule has 0 bridgehead atoms. The van der Waals surface area contributed by atoms with Gasteiger partial charge in [-0.15, -0.1) is 10.2 Å². The Labute approximate surface area is 229 Å². The maximum Gasteiger partial charge on any atom is 0.317 e. The van der Waals surface area contributed by atoms with Crippen LogP contribution < -0.4 is 4.74 Å². The first-order valence-electron chi connectivity index (χ1n) is 13.0. The monoisotopic (exact) mass is 527 g/mol. The van der Waals surface area contributed by atoms with Crippen LogP contribution in [0.5, 0.6) is 5.75 Å². The molecule has 0 saturated heterocycles. The van der Waals surface area contributed by atoms with Gasteiger partial charge in [-0.05, 0) is 37.1 Å². The number of ether oxygens (including phenoxy) is 2. The number of benzene rings is 3. The van der Waals surface area contributed by atoms with Crippen LogP contribution in [0, 0.1) is 0 Å². The molecule has 8 heteroatoms. The van der Waals surface area contributed by atoms with Crippen molar-refractivity contribution >= 4 is 23.3 Å². The summed E-state index contributed by atoms with van der Waals surface area (Å²) in [6.07, 6.45) is 1.29. The highest BCUT2D eigenvalue weighted by Crippen LogP contribution is 2.34. The van der Waals surface area contributed by atoms with E-state index >= 15 is 0 Å². The molecule has 0 N–H and O–H groups in total. The summed E-state index contributed by atoms with van der Waals surface area (Å²) in [7, 11) is 1.36. The first kappa shape index (κ1) is 29.0. The van der Waals surface area contributed by atoms with E-state index in [4.69, 9.17) is 9.47 Å². The maximum absolute atomic E-state index is 13.4. The number of imide groups is 1. The number of amides is 2. The van der Waals surface area contributed by atoms with Crippen molar-refractivity contribution in [2.24, 2.45) is 10.2 Å². The maximum atomic E-state index is 13.4. The van der Waals surface area contributed by atoms with Crippen molar-refractivity contribution in [2.45, 2.75) is 46.6 Å². The number of carbonyl (C=O) groups is 3. The van der Waals surface area contributed by atoms with Gasteiger partial charge in [-0.25, -0.2) is 0 Å². The third-order valence-electron chi connectivity index (χ3n) is 6.07. The molecule has 1 aliphatic rings. The zero-order valence-electron chi connectivity index (χ0n) is 22.9. The number of Topliss-reactive ketones (excluding diaryl/α,β-unsaturated/α-hetero) is 1. The van der Waals surface area contributed by atoms with E-state index < -0.39 is 11.7 Å². The normalized spacial score (nSPS) is 13.1. The first-order chi connectivity index (χ1) is 19.0. The third-order valence-corrected chi connectivity index (χ3v) is 6.07. The average Bonchev–Trinajstić information content (AvgIpc) is 3.25. The predicted octanol–water partition coefficient (Wildman–Crippen LogP) is 7.36. The average molecular weight is 528 g/mol. The molecule has 1 aliphatic heterocycles. The lowest BCUT2D eigenvalue weighted by Crippen LogP contribution is -2.39. The molecule has 0 aliphatic carbocycles. The molecule has 1 heterocycles. The molecule has 2 amide bonds. The summed E-state index contributed by atoms with van der Waals surface area (Å²) < 4.78 is 11.2. The molecule has 0 aromatic heterocycles. The molecular weight excluding hydrogens is 494 g/mol. The number of para-hydroxylation sites is 1. The lowest BCUT2D eigenvalue weighted by molar-refractivity contribution is 0.0576. The number of hydrogen-bond donors (Lipinski definition) is 0. The topological polar surface area (TPSA) is 97.6 Å². The standard InChI is InChI=1S/C29H27N3O5.C2H6/c1-4-20(5-2)32-27(34)22-17-12-18-23(24(22)28(32)35)30-31-25(26(33)19-13-8-6-9-14-19)29(36-3)37-21-15-10-7-11-16-21;1-2/h6-18,20H,4-5H2,1-3H3;1-2H3/b29-25+,31-30?;. The van der Waals surface area contributed by atoms with Gasteiger partial charge in [0, 0.05) is 11.6 Å². The summed E-state index contributed by atoms with van der Waals surface area (Å²) in [5.41, 5.74) is 0.770. The predicted molar refractivity (Wildman–Crippen MR) is 149 cm³/mol. The van der Waals surface area contributed by atoms with Crippen molar-refractivity contribution in [3.63, 3.8) is 0 Å². The third kappa shape index (κ3) is 6.29. The fourth-order valence-corrected chi connectivity index (χ4v) is 4.15. The molecule has 0 atom stereocenters. The van der Waals surface area contributed by atoms with Gasteiger partial charge in [-0.2, -0.15) is 0 Å². The molecule has 0 spiro atoms. The van der Waals surface area contributed by atoms with E-state index in [1.54, 1.807) is 72.8 Å². The number of fused-ring (bicyclic) bond motifs is 1. The second kappa shape index (κ2) is 13.8. The Bertz CT molecular complexity index is 1360. The van der Waals surface area contributed by atoms with Crippen molar-refractivity contribution in [1.29, 1.82) is 0 Å². The van der Waals surface area contributed by atoms with Gasteiger partial charge < -0.3 is 9.47 Å². The van der Waals surface area contributed by atoms with Crippen molar-refractivity contribution in [3.8, 4) is 5.75 Å². The SMILES string of the molecule is CC.CCC(CC)N1C(=O)c2cccc(N=N/C(C(=O)c3ccccc3)=C(\OC)Oc3ccccc3)c2C1=O. The Morgan fingerprint density at radius 2 is 1.46 bits per heavy atom. The van der Waals surface area contributed by atoms with E-state index in [-0.39, 0.29) is 40.4 Å². The number of methoxy groups -OCH3 is 1. The minimum absolute atomic E-state index is 0.155. The molecule has 0 fully saturated rings. The highest BCUT2D eigenvalue weighted by molar-refractivity contribution is 6.23. The number of allylic oxidation sites excluding steroid dienone is 1. The Hall–Kier alpha value is -4.59. The van der Waals surface area contributed by atoms with E-state index in [1.807, 2.05) is 33.8 Å². The van der Waals surface area contributed by atoms with Gasteiger partial charge in [0.05, 0.1) is 23.9 Å². The summed E-state index contributed by atoms with van der Waals surface area (Å²) in [4.78, 5) is 41.0. The number of rotatable bonds is 10. The quantitative estimate of drug-likeness (QED) is 0.0902. The lowest BCUT2D eigenvalue weighted by Gasteiger charge is -2.23. The Kier molecular flexibility index (Phi) is 10.3. The summed E-state index contributed by atoms with van der Waals surface area (Å²) >= 11 is 0. The molecule has 0 radical (unpaired) electrons. The zero-order chi connectivity index (χ0) is 28.4. The van der Waals surface area contributed by atoms with E-state index in [2.05, 4.69) is 10.2 Å². The number of hydrogen-bond acceptors (Lipinski definition) is 7. The molecule has 39 heavy (non-hydrogen) atoms. The molecule has 0 saturated carbocycles. The summed E-state index contributed by atoms with van der Waals surface area (Å²) in [6, 6.07) is 22.0. The summed E-state index contributed by atoms with van der Waals surface area (Å²) in [5.74, 6) is -0.971. The fraction of sp³-hybridized carbons (Fsp3) is 0.258. The number of carbonyl (C=O) groups excluding carboxylic acids is 3. The fourth-order valence-electron chi connectivity index (χ4n) is 4.15. The molecule has 4 rings (SSSR count). The largest absolute Gasteiger partial charge is 0.467 e. The molecule has 0 unspecified atom stereocenters. The van der Waals surface area contributed by atoms with E-state index in [1.165, 1.54) is 12.0 Å². The summed E-state index contributed by atoms with van der Waals surface area (Å²) in [5, 5.41) is 8.46. The van der Waals surface area contributed by atoms with E-state index in [0.29, 0.717) is 24.2 Å². The molecule has 8 nitrogen and oxygen atoms in total. The lowest BCUT2D eigenvalue weighted by atomic mass is 10.1. The van der Waals surface area contributed by atoms with Gasteiger partial charge in [0.1, 0.15) is 5.75 Å². The smallest absolute Gasteiger partial charge is 0.317 e. The van der Waals surface area contributed by atoms with E-state index in [9.17, 15) is 14.4 Å². The van der Waals surface area contributed by atoms with Crippen molar-refractivity contribution in [2.75, 3.05) is 7.11 Å². The first-order valence-corrected chi connectivity index (χ1v) is 13.0. The van der Waals surface area contributed by atoms with Crippen LogP contribution in [0.1, 0.15) is 71.6 Å². The highest BCUT2D eigenvalue weighted by atomic mass is 16.7. The van der Waals surface area contributed by atoms with Gasteiger partial charge in [0.15, 0.2) is 0 Å². The van der Waals surface area contributed by atoms with Crippen molar-refractivity contribution in [3.05, 3.63) is 107 Å². The highest BCUT2D eigenvalue weighted by Gasteiger charge is 2.40. The van der Waals surface area contributed by atoms with Crippen LogP contribution in [0.3, 0.4) is 0 Å². The summed E-state index contributed by atoms with van der Waals surface area (Å²) in [6.45, 7) is 7.87. The van der Waals surface area contributed by atoms with Gasteiger partial charge >= 0.3 is 5.95 Å². The van der Waals surface area contributed by atoms with Gasteiger partial charge in [0.2, 0.25) is 11.5 Å². The van der Waals surface area contributed by atoms with Crippen molar-refractivity contribution < 1.29 is 23.9 Å². The zero-order valence-corrected chi connectivity index (χ0v) is 22.9. The van der Waals surface area contributed by atoms with Gasteiger partial charge in [-0.1, -0.05) is 82.3 Å². The number of nitrogens with zero attached hydrogens (tertiary/aromatic N) is 3. The minimum atomic E-state index is -0.481. The van der Waals surface area contributed by atoms with Crippen LogP contribution in [-0.2, 0) is 4.74 Å². The molecule has 3 aromatic carbocycles. The molecule has 202 valence electrons. The Morgan fingerprint density at radius 1 is 0.846 bits per heavy atom. The second-order valence-electron chi connectivity index (χ2n) is 8.30. The Balaban J connectivity index is 0.00000205. The molecule has 3 aromatic rings. The van der Waals surface area contributed by atoms with Crippen LogP contribution in [0.15, 0.2) is 101 Å². The van der Waals surface area contributed by atoms with Crippen LogP contribution in [0.4, 0.5) is 5.69 Å². The minimum Gasteiger partial charge on any atom is -0.467 e. The van der Waals surface area contributed by atoms with Crippen LogP contribution >= 0.6 is 0 Å². The van der Waals surface area contributed by atoms with Crippen LogP contribution in [-0.4, -0.2) is 35.6 Å². The number of azo groups is 1. The van der Waals surface area contributed by atoms with E-state index in [0.717, 1.165) is 0 Å². The number of ketones is 1. The van der Waals surface area contributed by atoms with Gasteiger partial charge in [0.25, 0.3) is 11.8 Å².